The number of benzene rings is 1. The number of amides is 4. The summed E-state index contributed by atoms with van der Waals surface area (Å²) in [5.41, 5.74) is 1.06. The third kappa shape index (κ3) is 4.70. The van der Waals surface area contributed by atoms with E-state index in [1.807, 2.05) is 0 Å². The van der Waals surface area contributed by atoms with Crippen molar-refractivity contribution in [2.24, 2.45) is 0 Å². The summed E-state index contributed by atoms with van der Waals surface area (Å²) in [6.45, 7) is 1.94. The minimum absolute atomic E-state index is 0.118. The zero-order valence-corrected chi connectivity index (χ0v) is 16.5. The van der Waals surface area contributed by atoms with Crippen LogP contribution in [0.4, 0.5) is 13.6 Å². The van der Waals surface area contributed by atoms with E-state index in [0.29, 0.717) is 13.0 Å². The Bertz CT molecular complexity index is 820. The Balaban J connectivity index is 1.66. The highest BCUT2D eigenvalue weighted by Gasteiger charge is 2.44. The highest BCUT2D eigenvalue weighted by atomic mass is 19.1. The quantitative estimate of drug-likeness (QED) is 0.378. The molecule has 29 heavy (non-hydrogen) atoms. The maximum atomic E-state index is 13.9. The number of nitrogens with zero attached hydrogens (tertiary/aromatic N) is 3. The van der Waals surface area contributed by atoms with Gasteiger partial charge in [0, 0.05) is 18.7 Å². The third-order valence-corrected chi connectivity index (χ3v) is 5.41. The van der Waals surface area contributed by atoms with Crippen LogP contribution in [0, 0.1) is 11.6 Å². The van der Waals surface area contributed by atoms with E-state index in [2.05, 4.69) is 6.08 Å². The van der Waals surface area contributed by atoms with Crippen molar-refractivity contribution in [1.82, 2.24) is 14.7 Å². The molecule has 0 aromatic heterocycles. The fraction of sp³-hybridized carbons (Fsp3) is 0.476. The molecular weight excluding hydrogens is 380 g/mol. The molecule has 3 rings (SSSR count). The van der Waals surface area contributed by atoms with Crippen LogP contribution in [0.2, 0.25) is 0 Å². The van der Waals surface area contributed by atoms with Crippen molar-refractivity contribution in [3.63, 3.8) is 0 Å². The molecule has 0 radical (unpaired) electrons. The Morgan fingerprint density at radius 2 is 1.72 bits per heavy atom. The molecular formula is C21H25F2N3O3. The fourth-order valence-corrected chi connectivity index (χ4v) is 3.63. The Hall–Kier alpha value is -2.61. The summed E-state index contributed by atoms with van der Waals surface area (Å²) in [5.74, 6) is -3.14. The van der Waals surface area contributed by atoms with Crippen LogP contribution in [0.3, 0.4) is 0 Å². The molecule has 1 saturated heterocycles. The monoisotopic (exact) mass is 405 g/mol. The van der Waals surface area contributed by atoms with Crippen molar-refractivity contribution in [3.05, 3.63) is 47.0 Å². The first-order chi connectivity index (χ1) is 13.9. The first kappa shape index (κ1) is 21.1. The minimum atomic E-state index is -0.903. The van der Waals surface area contributed by atoms with Gasteiger partial charge in [0.15, 0.2) is 0 Å². The van der Waals surface area contributed by atoms with Crippen LogP contribution < -0.4 is 0 Å². The zero-order chi connectivity index (χ0) is 21.0. The van der Waals surface area contributed by atoms with Gasteiger partial charge in [-0.05, 0) is 50.8 Å². The van der Waals surface area contributed by atoms with Gasteiger partial charge in [0.05, 0.1) is 6.67 Å². The van der Waals surface area contributed by atoms with E-state index < -0.39 is 29.5 Å². The van der Waals surface area contributed by atoms with Crippen molar-refractivity contribution in [2.75, 3.05) is 19.8 Å². The summed E-state index contributed by atoms with van der Waals surface area (Å²) in [7, 11) is 0. The lowest BCUT2D eigenvalue weighted by atomic mass is 9.97. The van der Waals surface area contributed by atoms with Gasteiger partial charge < -0.3 is 0 Å². The molecule has 6 nitrogen and oxygen atoms in total. The molecule has 0 unspecified atom stereocenters. The molecule has 0 bridgehead atoms. The number of carbonyl (C=O) groups excluding carboxylic acids is 3. The molecule has 0 N–H and O–H groups in total. The van der Waals surface area contributed by atoms with Crippen LogP contribution in [0.25, 0.3) is 0 Å². The number of halogens is 2. The second-order valence-electron chi connectivity index (χ2n) is 7.32. The molecule has 0 saturated carbocycles. The number of urea groups is 1. The van der Waals surface area contributed by atoms with E-state index in [0.717, 1.165) is 47.6 Å². The second kappa shape index (κ2) is 9.26. The van der Waals surface area contributed by atoms with E-state index in [1.54, 1.807) is 6.92 Å². The predicted molar refractivity (Wildman–Crippen MR) is 102 cm³/mol. The first-order valence-corrected chi connectivity index (χ1v) is 9.92. The number of carbonyl (C=O) groups is 3. The van der Waals surface area contributed by atoms with Gasteiger partial charge >= 0.3 is 17.8 Å². The average molecular weight is 405 g/mol. The number of rotatable bonds is 8. The fourth-order valence-electron chi connectivity index (χ4n) is 3.63. The number of hydrogen-bond donors (Lipinski definition) is 0. The lowest BCUT2D eigenvalue weighted by molar-refractivity contribution is -0.144. The summed E-state index contributed by atoms with van der Waals surface area (Å²) in [5, 5.41) is 0. The Morgan fingerprint density at radius 3 is 2.34 bits per heavy atom. The van der Waals surface area contributed by atoms with Crippen molar-refractivity contribution in [2.45, 2.75) is 45.6 Å². The lowest BCUT2D eigenvalue weighted by Crippen LogP contribution is -2.42. The zero-order valence-electron chi connectivity index (χ0n) is 16.5. The summed E-state index contributed by atoms with van der Waals surface area (Å²) in [4.78, 5) is 40.6. The molecule has 1 fully saturated rings. The normalized spacial score (nSPS) is 17.5. The van der Waals surface area contributed by atoms with E-state index in [1.165, 1.54) is 16.5 Å². The first-order valence-electron chi connectivity index (χ1n) is 9.92. The van der Waals surface area contributed by atoms with Crippen LogP contribution >= 0.6 is 0 Å². The third-order valence-electron chi connectivity index (χ3n) is 5.41. The lowest BCUT2D eigenvalue weighted by Gasteiger charge is -2.25. The Morgan fingerprint density at radius 1 is 1.03 bits per heavy atom. The number of allylic oxidation sites excluding steroid dienone is 1. The molecule has 156 valence electrons. The van der Waals surface area contributed by atoms with Gasteiger partial charge in [-0.25, -0.2) is 18.5 Å². The van der Waals surface area contributed by atoms with Crippen LogP contribution in [-0.2, 0) is 16.1 Å². The van der Waals surface area contributed by atoms with Crippen molar-refractivity contribution < 1.29 is 23.2 Å². The van der Waals surface area contributed by atoms with Gasteiger partial charge in [-0.2, -0.15) is 0 Å². The minimum Gasteiger partial charge on any atom is -0.281 e. The van der Waals surface area contributed by atoms with Crippen LogP contribution in [0.1, 0.15) is 44.6 Å². The SMILES string of the molecule is CCN(Cc1c(F)cccc1F)CN1C(=O)C(=O)N(CCC2=CCCCC2)C1=O. The molecule has 4 amide bonds. The van der Waals surface area contributed by atoms with Crippen molar-refractivity contribution in [3.8, 4) is 0 Å². The molecule has 8 heteroatoms. The second-order valence-corrected chi connectivity index (χ2v) is 7.32. The van der Waals surface area contributed by atoms with Crippen LogP contribution in [0.5, 0.6) is 0 Å². The largest absolute Gasteiger partial charge is 0.335 e. The van der Waals surface area contributed by atoms with Crippen LogP contribution in [-0.4, -0.2) is 52.3 Å². The highest BCUT2D eigenvalue weighted by molar-refractivity contribution is 6.44. The van der Waals surface area contributed by atoms with E-state index >= 15 is 0 Å². The smallest absolute Gasteiger partial charge is 0.281 e. The van der Waals surface area contributed by atoms with Gasteiger partial charge in [0.2, 0.25) is 0 Å². The van der Waals surface area contributed by atoms with Gasteiger partial charge in [-0.15, -0.1) is 0 Å². The number of hydrogen-bond acceptors (Lipinski definition) is 4. The molecule has 1 aliphatic heterocycles. The van der Waals surface area contributed by atoms with Crippen molar-refractivity contribution >= 4 is 17.8 Å². The van der Waals surface area contributed by atoms with E-state index in [9.17, 15) is 23.2 Å². The molecule has 0 atom stereocenters. The van der Waals surface area contributed by atoms with Gasteiger partial charge in [-0.1, -0.05) is 24.6 Å². The summed E-state index contributed by atoms with van der Waals surface area (Å²) < 4.78 is 27.9. The summed E-state index contributed by atoms with van der Waals surface area (Å²) in [6.07, 6.45) is 6.89. The number of imide groups is 2. The topological polar surface area (TPSA) is 60.9 Å². The Labute approximate surface area is 168 Å². The maximum absolute atomic E-state index is 13.9. The van der Waals surface area contributed by atoms with Gasteiger partial charge in [-0.3, -0.25) is 19.4 Å². The predicted octanol–water partition coefficient (Wildman–Crippen LogP) is 3.43. The molecule has 1 aromatic carbocycles. The molecule has 1 heterocycles. The van der Waals surface area contributed by atoms with Gasteiger partial charge in [0.25, 0.3) is 0 Å². The standard InChI is InChI=1S/C21H25F2N3O3/c1-2-24(13-16-17(22)9-6-10-18(16)23)14-26-20(28)19(27)25(21(26)29)12-11-15-7-4-3-5-8-15/h6-7,9-10H,2-5,8,11-14H2,1H3. The van der Waals surface area contributed by atoms with Crippen molar-refractivity contribution in [1.29, 1.82) is 0 Å². The van der Waals surface area contributed by atoms with E-state index in [-0.39, 0.29) is 25.3 Å². The molecule has 1 aliphatic carbocycles. The summed E-state index contributed by atoms with van der Waals surface area (Å²) >= 11 is 0. The van der Waals surface area contributed by atoms with Gasteiger partial charge in [0.1, 0.15) is 11.6 Å². The highest BCUT2D eigenvalue weighted by Crippen LogP contribution is 2.22. The van der Waals surface area contributed by atoms with Crippen LogP contribution in [0.15, 0.2) is 29.8 Å². The van der Waals surface area contributed by atoms with E-state index in [4.69, 9.17) is 0 Å². The average Bonchev–Trinajstić information content (AvgIpc) is 2.92. The molecule has 0 spiro atoms. The Kier molecular flexibility index (Phi) is 6.74. The molecule has 1 aromatic rings. The molecule has 2 aliphatic rings. The summed E-state index contributed by atoms with van der Waals surface area (Å²) in [6, 6.07) is 2.91. The maximum Gasteiger partial charge on any atom is 0.335 e.